The third-order valence-electron chi connectivity index (χ3n) is 4.20. The molecule has 2 aliphatic rings. The highest BCUT2D eigenvalue weighted by Gasteiger charge is 2.45. The monoisotopic (exact) mass is 234 g/mol. The Hall–Kier alpha value is -0.820. The van der Waals surface area contributed by atoms with E-state index >= 15 is 0 Å². The second-order valence-corrected chi connectivity index (χ2v) is 5.45. The summed E-state index contributed by atoms with van der Waals surface area (Å²) >= 11 is 6.07. The second-order valence-electron chi connectivity index (χ2n) is 5.01. The van der Waals surface area contributed by atoms with Gasteiger partial charge in [-0.15, -0.1) is 0 Å². The lowest BCUT2D eigenvalue weighted by atomic mass is 9.68. The molecule has 1 saturated carbocycles. The van der Waals surface area contributed by atoms with Crippen LogP contribution in [-0.4, -0.2) is 5.78 Å². The van der Waals surface area contributed by atoms with E-state index in [1.807, 2.05) is 12.1 Å². The normalized spacial score (nSPS) is 22.4. The van der Waals surface area contributed by atoms with Crippen LogP contribution >= 0.6 is 11.6 Å². The van der Waals surface area contributed by atoms with Gasteiger partial charge in [-0.05, 0) is 42.5 Å². The van der Waals surface area contributed by atoms with Crippen molar-refractivity contribution in [1.29, 1.82) is 0 Å². The SMILES string of the molecule is O=C1CCc2ccc(Cl)cc2C12CCCC2. The van der Waals surface area contributed by atoms with Crippen LogP contribution in [0, 0.1) is 0 Å². The maximum absolute atomic E-state index is 12.2. The first kappa shape index (κ1) is 10.3. The van der Waals surface area contributed by atoms with Gasteiger partial charge in [-0.25, -0.2) is 0 Å². The van der Waals surface area contributed by atoms with Crippen LogP contribution in [0.1, 0.15) is 43.2 Å². The van der Waals surface area contributed by atoms with E-state index in [1.165, 1.54) is 24.0 Å². The van der Waals surface area contributed by atoms with Crippen LogP contribution in [0.25, 0.3) is 0 Å². The molecule has 1 aromatic carbocycles. The van der Waals surface area contributed by atoms with E-state index in [0.29, 0.717) is 12.2 Å². The van der Waals surface area contributed by atoms with Gasteiger partial charge in [-0.3, -0.25) is 4.79 Å². The zero-order chi connectivity index (χ0) is 11.2. The highest BCUT2D eigenvalue weighted by molar-refractivity contribution is 6.30. The van der Waals surface area contributed by atoms with Crippen molar-refractivity contribution in [3.63, 3.8) is 0 Å². The van der Waals surface area contributed by atoms with Gasteiger partial charge in [-0.1, -0.05) is 30.5 Å². The first-order valence-electron chi connectivity index (χ1n) is 6.05. The fraction of sp³-hybridized carbons (Fsp3) is 0.500. The van der Waals surface area contributed by atoms with Crippen LogP contribution in [0.3, 0.4) is 0 Å². The Bertz CT molecular complexity index is 444. The molecule has 2 aliphatic carbocycles. The van der Waals surface area contributed by atoms with Gasteiger partial charge in [0.1, 0.15) is 5.78 Å². The van der Waals surface area contributed by atoms with Gasteiger partial charge in [0.05, 0.1) is 5.41 Å². The van der Waals surface area contributed by atoms with E-state index in [9.17, 15) is 4.79 Å². The molecule has 1 nitrogen and oxygen atoms in total. The molecule has 3 rings (SSSR count). The van der Waals surface area contributed by atoms with Crippen LogP contribution in [-0.2, 0) is 16.6 Å². The first-order chi connectivity index (χ1) is 7.72. The molecular weight excluding hydrogens is 220 g/mol. The zero-order valence-corrected chi connectivity index (χ0v) is 10.0. The Morgan fingerprint density at radius 1 is 1.12 bits per heavy atom. The minimum atomic E-state index is -0.168. The standard InChI is InChI=1S/C14H15ClO/c15-11-5-3-10-4-6-13(16)14(12(10)9-11)7-1-2-8-14/h3,5,9H,1-2,4,6-8H2. The summed E-state index contributed by atoms with van der Waals surface area (Å²) in [5.41, 5.74) is 2.40. The van der Waals surface area contributed by atoms with Gasteiger partial charge in [0, 0.05) is 11.4 Å². The quantitative estimate of drug-likeness (QED) is 0.670. The molecule has 0 aliphatic heterocycles. The summed E-state index contributed by atoms with van der Waals surface area (Å²) in [6.07, 6.45) is 6.02. The predicted octanol–water partition coefficient (Wildman–Crippen LogP) is 3.67. The summed E-state index contributed by atoms with van der Waals surface area (Å²) < 4.78 is 0. The number of benzene rings is 1. The fourth-order valence-electron chi connectivity index (χ4n) is 3.38. The molecule has 0 unspecified atom stereocenters. The van der Waals surface area contributed by atoms with Crippen LogP contribution < -0.4 is 0 Å². The third-order valence-corrected chi connectivity index (χ3v) is 4.43. The van der Waals surface area contributed by atoms with E-state index in [2.05, 4.69) is 6.07 Å². The summed E-state index contributed by atoms with van der Waals surface area (Å²) in [7, 11) is 0. The van der Waals surface area contributed by atoms with Crippen molar-refractivity contribution in [2.75, 3.05) is 0 Å². The summed E-state index contributed by atoms with van der Waals surface area (Å²) in [4.78, 5) is 12.2. The Kier molecular flexibility index (Phi) is 2.32. The number of Topliss-reactive ketones (excluding diaryl/α,β-unsaturated/α-hetero) is 1. The summed E-state index contributed by atoms with van der Waals surface area (Å²) in [6, 6.07) is 6.07. The molecule has 0 heterocycles. The molecule has 0 N–H and O–H groups in total. The third kappa shape index (κ3) is 1.34. The molecule has 0 radical (unpaired) electrons. The van der Waals surface area contributed by atoms with Crippen LogP contribution in [0.15, 0.2) is 18.2 Å². The van der Waals surface area contributed by atoms with Crippen molar-refractivity contribution in [3.8, 4) is 0 Å². The molecule has 0 aromatic heterocycles. The van der Waals surface area contributed by atoms with E-state index in [1.54, 1.807) is 0 Å². The van der Waals surface area contributed by atoms with E-state index in [4.69, 9.17) is 11.6 Å². The van der Waals surface area contributed by atoms with Crippen molar-refractivity contribution in [3.05, 3.63) is 34.3 Å². The minimum absolute atomic E-state index is 0.168. The highest BCUT2D eigenvalue weighted by atomic mass is 35.5. The van der Waals surface area contributed by atoms with Gasteiger partial charge < -0.3 is 0 Å². The predicted molar refractivity (Wildman–Crippen MR) is 64.9 cm³/mol. The average molecular weight is 235 g/mol. The molecule has 2 heteroatoms. The highest BCUT2D eigenvalue weighted by Crippen LogP contribution is 2.47. The Morgan fingerprint density at radius 3 is 2.62 bits per heavy atom. The summed E-state index contributed by atoms with van der Waals surface area (Å²) in [5, 5.41) is 0.764. The molecule has 1 fully saturated rings. The number of fused-ring (bicyclic) bond motifs is 2. The van der Waals surface area contributed by atoms with Crippen LogP contribution in [0.5, 0.6) is 0 Å². The first-order valence-corrected chi connectivity index (χ1v) is 6.42. The molecule has 0 bridgehead atoms. The number of carbonyl (C=O) groups is 1. The number of hydrogen-bond acceptors (Lipinski definition) is 1. The lowest BCUT2D eigenvalue weighted by molar-refractivity contribution is -0.125. The van der Waals surface area contributed by atoms with Crippen molar-refractivity contribution < 1.29 is 4.79 Å². The van der Waals surface area contributed by atoms with Crippen LogP contribution in [0.4, 0.5) is 0 Å². The fourth-order valence-corrected chi connectivity index (χ4v) is 3.55. The van der Waals surface area contributed by atoms with Gasteiger partial charge >= 0.3 is 0 Å². The molecule has 1 aromatic rings. The average Bonchev–Trinajstić information content (AvgIpc) is 2.75. The molecule has 84 valence electrons. The van der Waals surface area contributed by atoms with Gasteiger partial charge in [0.25, 0.3) is 0 Å². The van der Waals surface area contributed by atoms with Crippen LogP contribution in [0.2, 0.25) is 5.02 Å². The van der Waals surface area contributed by atoms with Crippen molar-refractivity contribution in [1.82, 2.24) is 0 Å². The smallest absolute Gasteiger partial charge is 0.143 e. The maximum Gasteiger partial charge on any atom is 0.143 e. The summed E-state index contributed by atoms with van der Waals surface area (Å²) in [5.74, 6) is 0.444. The molecule has 0 amide bonds. The Balaban J connectivity index is 2.19. The van der Waals surface area contributed by atoms with Crippen molar-refractivity contribution in [2.24, 2.45) is 0 Å². The number of aryl methyl sites for hydroxylation is 1. The molecule has 16 heavy (non-hydrogen) atoms. The molecule has 0 atom stereocenters. The second kappa shape index (κ2) is 3.59. The van der Waals surface area contributed by atoms with Crippen molar-refractivity contribution in [2.45, 2.75) is 43.9 Å². The van der Waals surface area contributed by atoms with Gasteiger partial charge in [-0.2, -0.15) is 0 Å². The molecule has 1 spiro atoms. The van der Waals surface area contributed by atoms with E-state index in [-0.39, 0.29) is 5.41 Å². The van der Waals surface area contributed by atoms with E-state index in [0.717, 1.165) is 24.3 Å². The number of carbonyl (C=O) groups excluding carboxylic acids is 1. The zero-order valence-electron chi connectivity index (χ0n) is 9.26. The number of ketones is 1. The number of rotatable bonds is 0. The lowest BCUT2D eigenvalue weighted by Gasteiger charge is -2.34. The largest absolute Gasteiger partial charge is 0.299 e. The van der Waals surface area contributed by atoms with Crippen molar-refractivity contribution >= 4 is 17.4 Å². The Labute approximate surface area is 101 Å². The van der Waals surface area contributed by atoms with Gasteiger partial charge in [0.15, 0.2) is 0 Å². The minimum Gasteiger partial charge on any atom is -0.299 e. The Morgan fingerprint density at radius 2 is 1.88 bits per heavy atom. The van der Waals surface area contributed by atoms with E-state index < -0.39 is 0 Å². The topological polar surface area (TPSA) is 17.1 Å². The summed E-state index contributed by atoms with van der Waals surface area (Å²) in [6.45, 7) is 0. The number of halogens is 1. The van der Waals surface area contributed by atoms with Gasteiger partial charge in [0.2, 0.25) is 0 Å². The molecular formula is C14H15ClO. The lowest BCUT2D eigenvalue weighted by Crippen LogP contribution is -2.37. The maximum atomic E-state index is 12.2. The number of hydrogen-bond donors (Lipinski definition) is 0. The molecule has 0 saturated heterocycles.